The molecule has 1 fully saturated rings. The van der Waals surface area contributed by atoms with Gasteiger partial charge in [-0.15, -0.1) is 0 Å². The molecule has 0 spiro atoms. The van der Waals surface area contributed by atoms with E-state index in [2.05, 4.69) is 5.10 Å². The monoisotopic (exact) mass is 343 g/mol. The minimum absolute atomic E-state index is 0.0904. The molecule has 1 amide bonds. The summed E-state index contributed by atoms with van der Waals surface area (Å²) in [7, 11) is 4.74. The van der Waals surface area contributed by atoms with Crippen LogP contribution in [-0.2, 0) is 7.05 Å². The molecule has 0 aliphatic carbocycles. The highest BCUT2D eigenvalue weighted by molar-refractivity contribution is 5.92. The number of ether oxygens (including phenoxy) is 2. The molecule has 1 aromatic heterocycles. The second-order valence-electron chi connectivity index (χ2n) is 5.94. The molecule has 1 aromatic carbocycles. The minimum Gasteiger partial charge on any atom is -0.497 e. The maximum absolute atomic E-state index is 12.9. The highest BCUT2D eigenvalue weighted by atomic mass is 16.5. The number of carbonyl (C=O) groups is 1. The van der Waals surface area contributed by atoms with Crippen molar-refractivity contribution in [3.05, 3.63) is 51.9 Å². The summed E-state index contributed by atoms with van der Waals surface area (Å²) < 4.78 is 11.9. The summed E-state index contributed by atoms with van der Waals surface area (Å²) in [5, 5.41) is 4.08. The van der Waals surface area contributed by atoms with E-state index in [0.717, 1.165) is 18.4 Å². The smallest absolute Gasteiger partial charge is 0.274 e. The molecular weight excluding hydrogens is 322 g/mol. The van der Waals surface area contributed by atoms with Crippen LogP contribution in [-0.4, -0.2) is 41.4 Å². The zero-order chi connectivity index (χ0) is 18.0. The Morgan fingerprint density at radius 2 is 2.00 bits per heavy atom. The van der Waals surface area contributed by atoms with Gasteiger partial charge in [-0.1, -0.05) is 0 Å². The van der Waals surface area contributed by atoms with Crippen molar-refractivity contribution in [2.24, 2.45) is 7.05 Å². The molecule has 2 heterocycles. The van der Waals surface area contributed by atoms with Gasteiger partial charge in [0.25, 0.3) is 11.5 Å². The number of hydrogen-bond donors (Lipinski definition) is 0. The minimum atomic E-state index is -0.244. The van der Waals surface area contributed by atoms with Gasteiger partial charge in [-0.25, -0.2) is 4.68 Å². The van der Waals surface area contributed by atoms with Crippen molar-refractivity contribution in [1.82, 2.24) is 14.7 Å². The Balaban J connectivity index is 1.93. The van der Waals surface area contributed by atoms with Crippen LogP contribution in [0.3, 0.4) is 0 Å². The molecule has 1 unspecified atom stereocenters. The van der Waals surface area contributed by atoms with Crippen LogP contribution in [0.1, 0.15) is 34.9 Å². The number of nitrogens with zero attached hydrogens (tertiary/aromatic N) is 3. The van der Waals surface area contributed by atoms with Gasteiger partial charge < -0.3 is 14.4 Å². The SMILES string of the molecule is COc1ccc(C2CCCN2C(=O)c2ccc(=O)n(C)n2)c(OC)c1. The first-order valence-electron chi connectivity index (χ1n) is 8.12. The summed E-state index contributed by atoms with van der Waals surface area (Å²) in [6, 6.07) is 8.36. The molecule has 1 aliphatic rings. The number of likely N-dealkylation sites (tertiary alicyclic amines) is 1. The molecule has 0 saturated carbocycles. The van der Waals surface area contributed by atoms with Gasteiger partial charge in [0.2, 0.25) is 0 Å². The van der Waals surface area contributed by atoms with Crippen LogP contribution in [0.15, 0.2) is 35.1 Å². The third-order valence-corrected chi connectivity index (χ3v) is 4.49. The maximum Gasteiger partial charge on any atom is 0.274 e. The molecule has 3 rings (SSSR count). The maximum atomic E-state index is 12.9. The lowest BCUT2D eigenvalue weighted by Crippen LogP contribution is -2.33. The Bertz CT molecular complexity index is 846. The van der Waals surface area contributed by atoms with E-state index in [1.807, 2.05) is 18.2 Å². The second kappa shape index (κ2) is 6.96. The quantitative estimate of drug-likeness (QED) is 0.846. The summed E-state index contributed by atoms with van der Waals surface area (Å²) >= 11 is 0. The average Bonchev–Trinajstić information content (AvgIpc) is 3.12. The molecule has 1 atom stereocenters. The fourth-order valence-corrected chi connectivity index (χ4v) is 3.19. The number of aromatic nitrogens is 2. The highest BCUT2D eigenvalue weighted by Gasteiger charge is 2.33. The average molecular weight is 343 g/mol. The molecule has 25 heavy (non-hydrogen) atoms. The van der Waals surface area contributed by atoms with Crippen molar-refractivity contribution in [3.8, 4) is 11.5 Å². The van der Waals surface area contributed by atoms with E-state index >= 15 is 0 Å². The van der Waals surface area contributed by atoms with Crippen molar-refractivity contribution < 1.29 is 14.3 Å². The highest BCUT2D eigenvalue weighted by Crippen LogP contribution is 2.39. The van der Waals surface area contributed by atoms with Gasteiger partial charge >= 0.3 is 0 Å². The summed E-state index contributed by atoms with van der Waals surface area (Å²) in [5.74, 6) is 1.21. The zero-order valence-electron chi connectivity index (χ0n) is 14.6. The van der Waals surface area contributed by atoms with Crippen LogP contribution in [0.4, 0.5) is 0 Å². The summed E-state index contributed by atoms with van der Waals surface area (Å²) in [6.45, 7) is 0.642. The molecule has 1 saturated heterocycles. The van der Waals surface area contributed by atoms with Crippen LogP contribution in [0, 0.1) is 0 Å². The molecule has 132 valence electrons. The molecule has 0 bridgehead atoms. The van der Waals surface area contributed by atoms with E-state index in [1.165, 1.54) is 23.9 Å². The molecule has 1 aliphatic heterocycles. The Morgan fingerprint density at radius 3 is 2.68 bits per heavy atom. The largest absolute Gasteiger partial charge is 0.497 e. The predicted molar refractivity (Wildman–Crippen MR) is 92.0 cm³/mol. The van der Waals surface area contributed by atoms with E-state index in [1.54, 1.807) is 19.1 Å². The molecule has 0 radical (unpaired) electrons. The van der Waals surface area contributed by atoms with Gasteiger partial charge in [0.05, 0.1) is 20.3 Å². The number of benzene rings is 1. The first-order chi connectivity index (χ1) is 12.0. The molecule has 7 heteroatoms. The van der Waals surface area contributed by atoms with Gasteiger partial charge in [0.1, 0.15) is 17.2 Å². The van der Waals surface area contributed by atoms with Gasteiger partial charge in [-0.2, -0.15) is 5.10 Å². The molecule has 2 aromatic rings. The predicted octanol–water partition coefficient (Wildman–Crippen LogP) is 1.77. The Hall–Kier alpha value is -2.83. The van der Waals surface area contributed by atoms with Crippen LogP contribution >= 0.6 is 0 Å². The lowest BCUT2D eigenvalue weighted by atomic mass is 10.0. The van der Waals surface area contributed by atoms with Crippen molar-refractivity contribution in [1.29, 1.82) is 0 Å². The van der Waals surface area contributed by atoms with Gasteiger partial charge in [0, 0.05) is 31.3 Å². The number of aryl methyl sites for hydroxylation is 1. The van der Waals surface area contributed by atoms with Crippen LogP contribution in [0.5, 0.6) is 11.5 Å². The molecule has 0 N–H and O–H groups in total. The van der Waals surface area contributed by atoms with E-state index < -0.39 is 0 Å². The van der Waals surface area contributed by atoms with E-state index in [4.69, 9.17) is 9.47 Å². The van der Waals surface area contributed by atoms with Crippen molar-refractivity contribution >= 4 is 5.91 Å². The van der Waals surface area contributed by atoms with Crippen molar-refractivity contribution in [2.75, 3.05) is 20.8 Å². The fourth-order valence-electron chi connectivity index (χ4n) is 3.19. The van der Waals surface area contributed by atoms with Crippen molar-refractivity contribution in [3.63, 3.8) is 0 Å². The Labute approximate surface area is 145 Å². The second-order valence-corrected chi connectivity index (χ2v) is 5.94. The number of hydrogen-bond acceptors (Lipinski definition) is 5. The number of methoxy groups -OCH3 is 2. The van der Waals surface area contributed by atoms with Crippen LogP contribution in [0.2, 0.25) is 0 Å². The third-order valence-electron chi connectivity index (χ3n) is 4.49. The lowest BCUT2D eigenvalue weighted by molar-refractivity contribution is 0.0725. The van der Waals surface area contributed by atoms with E-state index in [9.17, 15) is 9.59 Å². The number of carbonyl (C=O) groups excluding carboxylic acids is 1. The van der Waals surface area contributed by atoms with E-state index in [-0.39, 0.29) is 23.2 Å². The standard InChI is InChI=1S/C18H21N3O4/c1-20-17(22)9-8-14(19-20)18(23)21-10-4-5-15(21)13-7-6-12(24-2)11-16(13)25-3/h6-9,11,15H,4-5,10H2,1-3H3. The fraction of sp³-hybridized carbons (Fsp3) is 0.389. The van der Waals surface area contributed by atoms with E-state index in [0.29, 0.717) is 18.0 Å². The zero-order valence-corrected chi connectivity index (χ0v) is 14.6. The summed E-state index contributed by atoms with van der Waals surface area (Å²) in [6.07, 6.45) is 1.75. The molecular formula is C18H21N3O4. The number of amides is 1. The normalized spacial score (nSPS) is 16.8. The van der Waals surface area contributed by atoms with Gasteiger partial charge in [-0.05, 0) is 31.0 Å². The van der Waals surface area contributed by atoms with Crippen LogP contribution < -0.4 is 15.0 Å². The summed E-state index contributed by atoms with van der Waals surface area (Å²) in [5.41, 5.74) is 0.965. The van der Waals surface area contributed by atoms with Crippen LogP contribution in [0.25, 0.3) is 0 Å². The summed E-state index contributed by atoms with van der Waals surface area (Å²) in [4.78, 5) is 26.2. The van der Waals surface area contributed by atoms with Crippen molar-refractivity contribution in [2.45, 2.75) is 18.9 Å². The third kappa shape index (κ3) is 3.22. The first-order valence-corrected chi connectivity index (χ1v) is 8.12. The Morgan fingerprint density at radius 1 is 1.20 bits per heavy atom. The first kappa shape index (κ1) is 17.0. The van der Waals surface area contributed by atoms with Gasteiger partial charge in [-0.3, -0.25) is 9.59 Å². The lowest BCUT2D eigenvalue weighted by Gasteiger charge is -2.26. The van der Waals surface area contributed by atoms with Gasteiger partial charge in [0.15, 0.2) is 0 Å². The molecule has 7 nitrogen and oxygen atoms in total. The Kier molecular flexibility index (Phi) is 4.74. The topological polar surface area (TPSA) is 73.7 Å². The number of rotatable bonds is 4.